The summed E-state index contributed by atoms with van der Waals surface area (Å²) >= 11 is 0. The van der Waals surface area contributed by atoms with Gasteiger partial charge in [-0.05, 0) is 44.6 Å². The first-order chi connectivity index (χ1) is 7.84. The van der Waals surface area contributed by atoms with Crippen molar-refractivity contribution in [1.82, 2.24) is 15.1 Å². The highest BCUT2D eigenvalue weighted by Crippen LogP contribution is 2.31. The van der Waals surface area contributed by atoms with Crippen LogP contribution in [0.15, 0.2) is 6.20 Å². The average molecular weight is 219 g/mol. The molecular formula is C13H21N3. The summed E-state index contributed by atoms with van der Waals surface area (Å²) in [7, 11) is 2.06. The molecule has 16 heavy (non-hydrogen) atoms. The molecule has 0 amide bonds. The average Bonchev–Trinajstić information content (AvgIpc) is 2.60. The summed E-state index contributed by atoms with van der Waals surface area (Å²) in [6.07, 6.45) is 10.1. The Hall–Kier alpha value is -0.830. The molecule has 1 atom stereocenters. The topological polar surface area (TPSA) is 29.9 Å². The first kappa shape index (κ1) is 10.3. The van der Waals surface area contributed by atoms with Gasteiger partial charge < -0.3 is 5.32 Å². The Bertz CT molecular complexity index is 365. The number of nitrogens with one attached hydrogen (secondary N) is 1. The number of hydrogen-bond acceptors (Lipinski definition) is 2. The molecule has 3 nitrogen and oxygen atoms in total. The zero-order valence-electron chi connectivity index (χ0n) is 10.1. The monoisotopic (exact) mass is 219 g/mol. The second kappa shape index (κ2) is 4.21. The van der Waals surface area contributed by atoms with Crippen LogP contribution >= 0.6 is 0 Å². The summed E-state index contributed by atoms with van der Waals surface area (Å²) in [5.41, 5.74) is 2.89. The number of aryl methyl sites for hydroxylation is 1. The molecular weight excluding hydrogens is 198 g/mol. The number of hydrogen-bond donors (Lipinski definition) is 1. The lowest BCUT2D eigenvalue weighted by atomic mass is 9.84. The minimum atomic E-state index is 0.568. The van der Waals surface area contributed by atoms with Gasteiger partial charge in [-0.2, -0.15) is 5.10 Å². The standard InChI is InChI=1S/C13H21N3/c1-16-13-7-3-6-12(11(13)9-15-16)14-8-10-4-2-5-10/h9-10,12,14H,2-8H2,1H3. The molecule has 1 aromatic rings. The molecule has 1 saturated carbocycles. The van der Waals surface area contributed by atoms with Gasteiger partial charge in [0.25, 0.3) is 0 Å². The van der Waals surface area contributed by atoms with Gasteiger partial charge in [-0.15, -0.1) is 0 Å². The predicted molar refractivity (Wildman–Crippen MR) is 64.2 cm³/mol. The van der Waals surface area contributed by atoms with E-state index in [0.29, 0.717) is 6.04 Å². The Morgan fingerprint density at radius 1 is 1.38 bits per heavy atom. The van der Waals surface area contributed by atoms with Crippen molar-refractivity contribution in [2.24, 2.45) is 13.0 Å². The molecule has 2 aliphatic carbocycles. The van der Waals surface area contributed by atoms with Crippen LogP contribution in [0.1, 0.15) is 49.4 Å². The van der Waals surface area contributed by atoms with Crippen LogP contribution in [0, 0.1) is 5.92 Å². The van der Waals surface area contributed by atoms with E-state index in [1.165, 1.54) is 56.3 Å². The van der Waals surface area contributed by atoms with E-state index < -0.39 is 0 Å². The van der Waals surface area contributed by atoms with Crippen LogP contribution in [0.25, 0.3) is 0 Å². The second-order valence-electron chi connectivity index (χ2n) is 5.32. The molecule has 88 valence electrons. The van der Waals surface area contributed by atoms with Crippen LogP contribution in [0.3, 0.4) is 0 Å². The Balaban J connectivity index is 1.67. The summed E-state index contributed by atoms with van der Waals surface area (Å²) < 4.78 is 2.05. The van der Waals surface area contributed by atoms with Crippen LogP contribution in [-0.2, 0) is 13.5 Å². The maximum atomic E-state index is 4.39. The molecule has 0 bridgehead atoms. The van der Waals surface area contributed by atoms with E-state index in [-0.39, 0.29) is 0 Å². The van der Waals surface area contributed by atoms with Gasteiger partial charge in [-0.3, -0.25) is 4.68 Å². The Morgan fingerprint density at radius 3 is 3.00 bits per heavy atom. The van der Waals surface area contributed by atoms with Crippen LogP contribution in [0.2, 0.25) is 0 Å². The molecule has 0 saturated heterocycles. The molecule has 0 spiro atoms. The van der Waals surface area contributed by atoms with Crippen LogP contribution in [-0.4, -0.2) is 16.3 Å². The van der Waals surface area contributed by atoms with Gasteiger partial charge in [0.2, 0.25) is 0 Å². The summed E-state index contributed by atoms with van der Waals surface area (Å²) in [5, 5.41) is 8.13. The van der Waals surface area contributed by atoms with Gasteiger partial charge in [0.15, 0.2) is 0 Å². The first-order valence-electron chi connectivity index (χ1n) is 6.59. The maximum absolute atomic E-state index is 4.39. The van der Waals surface area contributed by atoms with Gasteiger partial charge in [-0.1, -0.05) is 6.42 Å². The highest BCUT2D eigenvalue weighted by Gasteiger charge is 2.25. The van der Waals surface area contributed by atoms with E-state index >= 15 is 0 Å². The molecule has 1 heterocycles. The smallest absolute Gasteiger partial charge is 0.0540 e. The minimum absolute atomic E-state index is 0.568. The third-order valence-electron chi connectivity index (χ3n) is 4.25. The lowest BCUT2D eigenvalue weighted by Gasteiger charge is -2.30. The molecule has 1 N–H and O–H groups in total. The van der Waals surface area contributed by atoms with Gasteiger partial charge in [0.1, 0.15) is 0 Å². The van der Waals surface area contributed by atoms with E-state index in [4.69, 9.17) is 0 Å². The summed E-state index contributed by atoms with van der Waals surface area (Å²) in [6, 6.07) is 0.568. The zero-order valence-corrected chi connectivity index (χ0v) is 10.1. The highest BCUT2D eigenvalue weighted by molar-refractivity contribution is 5.24. The quantitative estimate of drug-likeness (QED) is 0.844. The fraction of sp³-hybridized carbons (Fsp3) is 0.769. The molecule has 2 aliphatic rings. The Labute approximate surface area is 97.2 Å². The predicted octanol–water partition coefficient (Wildman–Crippen LogP) is 2.19. The Kier molecular flexibility index (Phi) is 2.72. The van der Waals surface area contributed by atoms with Gasteiger partial charge >= 0.3 is 0 Å². The molecule has 3 heteroatoms. The summed E-state index contributed by atoms with van der Waals surface area (Å²) in [6.45, 7) is 1.21. The van der Waals surface area contributed by atoms with Crippen molar-refractivity contribution in [2.75, 3.05) is 6.54 Å². The summed E-state index contributed by atoms with van der Waals surface area (Å²) in [5.74, 6) is 0.946. The van der Waals surface area contributed by atoms with Crippen molar-refractivity contribution in [3.05, 3.63) is 17.5 Å². The van der Waals surface area contributed by atoms with E-state index in [1.807, 2.05) is 4.68 Å². The van der Waals surface area contributed by atoms with Gasteiger partial charge in [0, 0.05) is 24.3 Å². The molecule has 0 radical (unpaired) electrons. The SMILES string of the molecule is Cn1ncc2c1CCCC2NCC1CCC1. The summed E-state index contributed by atoms with van der Waals surface area (Å²) in [4.78, 5) is 0. The first-order valence-corrected chi connectivity index (χ1v) is 6.59. The molecule has 3 rings (SSSR count). The maximum Gasteiger partial charge on any atom is 0.0540 e. The molecule has 0 aliphatic heterocycles. The van der Waals surface area contributed by atoms with Gasteiger partial charge in [-0.25, -0.2) is 0 Å². The van der Waals surface area contributed by atoms with Crippen molar-refractivity contribution in [2.45, 2.75) is 44.6 Å². The minimum Gasteiger partial charge on any atom is -0.310 e. The second-order valence-corrected chi connectivity index (χ2v) is 5.32. The van der Waals surface area contributed by atoms with Crippen molar-refractivity contribution in [1.29, 1.82) is 0 Å². The van der Waals surface area contributed by atoms with Crippen molar-refractivity contribution in [3.63, 3.8) is 0 Å². The highest BCUT2D eigenvalue weighted by atomic mass is 15.3. The molecule has 1 unspecified atom stereocenters. The van der Waals surface area contributed by atoms with Crippen LogP contribution < -0.4 is 5.32 Å². The largest absolute Gasteiger partial charge is 0.310 e. The number of nitrogens with zero attached hydrogens (tertiary/aromatic N) is 2. The fourth-order valence-corrected chi connectivity index (χ4v) is 2.92. The third-order valence-corrected chi connectivity index (χ3v) is 4.25. The van der Waals surface area contributed by atoms with Crippen molar-refractivity contribution >= 4 is 0 Å². The lowest BCUT2D eigenvalue weighted by Crippen LogP contribution is -2.32. The molecule has 1 fully saturated rings. The number of aromatic nitrogens is 2. The van der Waals surface area contributed by atoms with Crippen molar-refractivity contribution < 1.29 is 0 Å². The van der Waals surface area contributed by atoms with Crippen molar-refractivity contribution in [3.8, 4) is 0 Å². The van der Waals surface area contributed by atoms with Gasteiger partial charge in [0.05, 0.1) is 6.20 Å². The number of fused-ring (bicyclic) bond motifs is 1. The van der Waals surface area contributed by atoms with E-state index in [9.17, 15) is 0 Å². The molecule has 1 aromatic heterocycles. The van der Waals surface area contributed by atoms with E-state index in [1.54, 1.807) is 0 Å². The molecule has 0 aromatic carbocycles. The van der Waals surface area contributed by atoms with Crippen LogP contribution in [0.5, 0.6) is 0 Å². The lowest BCUT2D eigenvalue weighted by molar-refractivity contribution is 0.283. The third kappa shape index (κ3) is 1.77. The van der Waals surface area contributed by atoms with Crippen LogP contribution in [0.4, 0.5) is 0 Å². The van der Waals surface area contributed by atoms with E-state index in [0.717, 1.165) is 5.92 Å². The number of rotatable bonds is 3. The van der Waals surface area contributed by atoms with E-state index in [2.05, 4.69) is 23.7 Å². The fourth-order valence-electron chi connectivity index (χ4n) is 2.92. The zero-order chi connectivity index (χ0) is 11.0. The Morgan fingerprint density at radius 2 is 2.25 bits per heavy atom. The normalized spacial score (nSPS) is 25.2.